The van der Waals surface area contributed by atoms with E-state index in [0.717, 1.165) is 9.13 Å². The van der Waals surface area contributed by atoms with Gasteiger partial charge in [0.05, 0.1) is 5.56 Å². The number of carbonyl (C=O) groups excluding carboxylic acids is 1. The Morgan fingerprint density at radius 3 is 2.62 bits per heavy atom. The average Bonchev–Trinajstić information content (AvgIpc) is 2.49. The van der Waals surface area contributed by atoms with Crippen LogP contribution in [0.2, 0.25) is 0 Å². The molecule has 0 aliphatic carbocycles. The molecule has 5 nitrogen and oxygen atoms in total. The second-order valence-corrected chi connectivity index (χ2v) is 5.56. The number of pyridine rings is 1. The van der Waals surface area contributed by atoms with Crippen molar-refractivity contribution < 1.29 is 14.7 Å². The molecule has 0 fully saturated rings. The van der Waals surface area contributed by atoms with Crippen LogP contribution in [0.5, 0.6) is 0 Å². The summed E-state index contributed by atoms with van der Waals surface area (Å²) in [5.41, 5.74) is 1.23. The predicted molar refractivity (Wildman–Crippen MR) is 86.0 cm³/mol. The van der Waals surface area contributed by atoms with Crippen LogP contribution in [0.25, 0.3) is 0 Å². The molecule has 2 N–H and O–H groups in total. The maximum atomic E-state index is 12.0. The molecule has 0 aliphatic heterocycles. The Balaban J connectivity index is 2.12. The fraction of sp³-hybridized carbons (Fsp3) is 0.133. The van der Waals surface area contributed by atoms with Gasteiger partial charge in [-0.1, -0.05) is 18.2 Å². The van der Waals surface area contributed by atoms with E-state index in [1.807, 2.05) is 24.3 Å². The topological polar surface area (TPSA) is 79.3 Å². The van der Waals surface area contributed by atoms with Crippen molar-refractivity contribution in [3.63, 3.8) is 0 Å². The summed E-state index contributed by atoms with van der Waals surface area (Å²) in [6.45, 7) is 0. The SMILES string of the molecule is O=C(N[C@H](Cc1ccccc1I)C(=O)O)c1cccnc1. The molecule has 0 bridgehead atoms. The van der Waals surface area contributed by atoms with Gasteiger partial charge in [-0.25, -0.2) is 4.79 Å². The van der Waals surface area contributed by atoms with E-state index in [9.17, 15) is 14.7 Å². The molecule has 108 valence electrons. The largest absolute Gasteiger partial charge is 0.480 e. The van der Waals surface area contributed by atoms with Crippen molar-refractivity contribution in [1.82, 2.24) is 10.3 Å². The van der Waals surface area contributed by atoms with Crippen LogP contribution < -0.4 is 5.32 Å². The lowest BCUT2D eigenvalue weighted by molar-refractivity contribution is -0.139. The van der Waals surface area contributed by atoms with Crippen molar-refractivity contribution in [2.24, 2.45) is 0 Å². The Hall–Kier alpha value is -1.96. The summed E-state index contributed by atoms with van der Waals surface area (Å²) in [7, 11) is 0. The third kappa shape index (κ3) is 4.25. The van der Waals surface area contributed by atoms with Gasteiger partial charge in [-0.15, -0.1) is 0 Å². The van der Waals surface area contributed by atoms with Gasteiger partial charge in [-0.3, -0.25) is 9.78 Å². The first-order valence-electron chi connectivity index (χ1n) is 6.25. The normalized spacial score (nSPS) is 11.7. The molecule has 0 radical (unpaired) electrons. The van der Waals surface area contributed by atoms with E-state index in [0.29, 0.717) is 5.56 Å². The smallest absolute Gasteiger partial charge is 0.326 e. The van der Waals surface area contributed by atoms with E-state index in [-0.39, 0.29) is 6.42 Å². The van der Waals surface area contributed by atoms with E-state index in [1.165, 1.54) is 6.20 Å². The fourth-order valence-corrected chi connectivity index (χ4v) is 2.43. The first-order chi connectivity index (χ1) is 10.1. The molecule has 0 saturated carbocycles. The quantitative estimate of drug-likeness (QED) is 0.759. The van der Waals surface area contributed by atoms with Crippen LogP contribution in [0.1, 0.15) is 15.9 Å². The maximum absolute atomic E-state index is 12.0. The van der Waals surface area contributed by atoms with Crippen LogP contribution >= 0.6 is 22.6 Å². The molecule has 1 heterocycles. The number of carboxylic acids is 1. The summed E-state index contributed by atoms with van der Waals surface area (Å²) < 4.78 is 0.969. The lowest BCUT2D eigenvalue weighted by Crippen LogP contribution is -2.42. The van der Waals surface area contributed by atoms with Crippen LogP contribution in [0.4, 0.5) is 0 Å². The Morgan fingerprint density at radius 2 is 2.00 bits per heavy atom. The first kappa shape index (κ1) is 15.4. The molecule has 0 aliphatic rings. The van der Waals surface area contributed by atoms with Crippen LogP contribution in [0.15, 0.2) is 48.8 Å². The highest BCUT2D eigenvalue weighted by Gasteiger charge is 2.21. The molecule has 0 spiro atoms. The third-order valence-electron chi connectivity index (χ3n) is 2.91. The molecular formula is C15H13IN2O3. The van der Waals surface area contributed by atoms with Gasteiger partial charge >= 0.3 is 5.97 Å². The number of carboxylic acid groups (broad SMARTS) is 1. The zero-order chi connectivity index (χ0) is 15.2. The lowest BCUT2D eigenvalue weighted by Gasteiger charge is -2.15. The van der Waals surface area contributed by atoms with Crippen molar-refractivity contribution in [1.29, 1.82) is 0 Å². The van der Waals surface area contributed by atoms with Crippen molar-refractivity contribution in [2.45, 2.75) is 12.5 Å². The fourth-order valence-electron chi connectivity index (χ4n) is 1.82. The standard InChI is InChI=1S/C15H13IN2O3/c16-12-6-2-1-4-10(12)8-13(15(20)21)18-14(19)11-5-3-7-17-9-11/h1-7,9,13H,8H2,(H,18,19)(H,20,21)/t13-/m1/s1. The van der Waals surface area contributed by atoms with Crippen molar-refractivity contribution >= 4 is 34.5 Å². The maximum Gasteiger partial charge on any atom is 0.326 e. The van der Waals surface area contributed by atoms with Gasteiger partial charge in [0.2, 0.25) is 0 Å². The summed E-state index contributed by atoms with van der Waals surface area (Å²) in [5, 5.41) is 11.8. The number of rotatable bonds is 5. The van der Waals surface area contributed by atoms with Gasteiger partial charge in [-0.05, 0) is 46.4 Å². The first-order valence-corrected chi connectivity index (χ1v) is 7.33. The minimum Gasteiger partial charge on any atom is -0.480 e. The lowest BCUT2D eigenvalue weighted by atomic mass is 10.1. The second kappa shape index (κ2) is 7.16. The van der Waals surface area contributed by atoms with E-state index in [1.54, 1.807) is 18.3 Å². The Morgan fingerprint density at radius 1 is 1.24 bits per heavy atom. The Labute approximate surface area is 135 Å². The van der Waals surface area contributed by atoms with Crippen molar-refractivity contribution in [3.8, 4) is 0 Å². The molecular weight excluding hydrogens is 383 g/mol. The number of aromatic nitrogens is 1. The summed E-state index contributed by atoms with van der Waals surface area (Å²) in [4.78, 5) is 27.2. The molecule has 1 aromatic carbocycles. The van der Waals surface area contributed by atoms with Gasteiger partial charge in [0.15, 0.2) is 0 Å². The molecule has 1 aromatic heterocycles. The van der Waals surface area contributed by atoms with Crippen LogP contribution in [-0.2, 0) is 11.2 Å². The highest BCUT2D eigenvalue weighted by atomic mass is 127. The van der Waals surface area contributed by atoms with Crippen molar-refractivity contribution in [2.75, 3.05) is 0 Å². The number of nitrogens with zero attached hydrogens (tertiary/aromatic N) is 1. The minimum atomic E-state index is -1.06. The summed E-state index contributed by atoms with van der Waals surface area (Å²) in [5.74, 6) is -1.51. The van der Waals surface area contributed by atoms with E-state index in [4.69, 9.17) is 0 Å². The number of hydrogen-bond acceptors (Lipinski definition) is 3. The summed E-state index contributed by atoms with van der Waals surface area (Å²) in [6.07, 6.45) is 3.19. The van der Waals surface area contributed by atoms with E-state index in [2.05, 4.69) is 32.9 Å². The molecule has 2 rings (SSSR count). The number of hydrogen-bond donors (Lipinski definition) is 2. The Bertz CT molecular complexity index is 646. The predicted octanol–water partition coefficient (Wildman–Crippen LogP) is 2.11. The highest BCUT2D eigenvalue weighted by molar-refractivity contribution is 14.1. The zero-order valence-corrected chi connectivity index (χ0v) is 13.1. The molecule has 1 atom stereocenters. The molecule has 2 aromatic rings. The van der Waals surface area contributed by atoms with Crippen LogP contribution in [-0.4, -0.2) is 28.0 Å². The zero-order valence-electron chi connectivity index (χ0n) is 11.0. The van der Waals surface area contributed by atoms with E-state index >= 15 is 0 Å². The highest BCUT2D eigenvalue weighted by Crippen LogP contribution is 2.14. The van der Waals surface area contributed by atoms with Crippen LogP contribution in [0.3, 0.4) is 0 Å². The molecule has 21 heavy (non-hydrogen) atoms. The second-order valence-electron chi connectivity index (χ2n) is 4.40. The summed E-state index contributed by atoms with van der Waals surface area (Å²) >= 11 is 2.15. The molecule has 0 saturated heterocycles. The average molecular weight is 396 g/mol. The van der Waals surface area contributed by atoms with E-state index < -0.39 is 17.9 Å². The van der Waals surface area contributed by atoms with Gasteiger partial charge < -0.3 is 10.4 Å². The number of amides is 1. The molecule has 0 unspecified atom stereocenters. The molecule has 1 amide bonds. The number of aliphatic carboxylic acids is 1. The number of nitrogens with one attached hydrogen (secondary N) is 1. The molecule has 6 heteroatoms. The third-order valence-corrected chi connectivity index (χ3v) is 3.96. The van der Waals surface area contributed by atoms with Gasteiger partial charge in [0.25, 0.3) is 5.91 Å². The van der Waals surface area contributed by atoms with Gasteiger partial charge in [0, 0.05) is 22.4 Å². The summed E-state index contributed by atoms with van der Waals surface area (Å²) in [6, 6.07) is 9.73. The Kier molecular flexibility index (Phi) is 5.26. The number of halogens is 1. The monoisotopic (exact) mass is 396 g/mol. The van der Waals surface area contributed by atoms with Gasteiger partial charge in [-0.2, -0.15) is 0 Å². The van der Waals surface area contributed by atoms with Crippen LogP contribution in [0, 0.1) is 3.57 Å². The minimum absolute atomic E-state index is 0.237. The number of carbonyl (C=O) groups is 2. The van der Waals surface area contributed by atoms with Gasteiger partial charge in [0.1, 0.15) is 6.04 Å². The van der Waals surface area contributed by atoms with Crippen molar-refractivity contribution in [3.05, 3.63) is 63.5 Å². The number of benzene rings is 1.